The van der Waals surface area contributed by atoms with E-state index >= 15 is 0 Å². The normalized spacial score (nSPS) is 10.2. The molecule has 110 valence electrons. The first-order chi connectivity index (χ1) is 9.97. The average Bonchev–Trinajstić information content (AvgIpc) is 2.45. The van der Waals surface area contributed by atoms with Crippen molar-refractivity contribution in [1.82, 2.24) is 9.97 Å². The Balaban J connectivity index is 2.54. The van der Waals surface area contributed by atoms with Crippen LogP contribution in [0.15, 0.2) is 18.3 Å². The van der Waals surface area contributed by atoms with Crippen LogP contribution >= 0.6 is 11.6 Å². The van der Waals surface area contributed by atoms with Crippen molar-refractivity contribution in [2.45, 2.75) is 0 Å². The lowest BCUT2D eigenvalue weighted by Crippen LogP contribution is -2.06. The van der Waals surface area contributed by atoms with Gasteiger partial charge < -0.3 is 20.3 Å². The maximum absolute atomic E-state index is 10.9. The maximum atomic E-state index is 10.9. The van der Waals surface area contributed by atoms with E-state index in [1.54, 1.807) is 12.1 Å². The van der Waals surface area contributed by atoms with Gasteiger partial charge in [-0.1, -0.05) is 11.6 Å². The Kier molecular flexibility index (Phi) is 4.13. The summed E-state index contributed by atoms with van der Waals surface area (Å²) < 4.78 is 10.3. The van der Waals surface area contributed by atoms with E-state index in [0.29, 0.717) is 22.1 Å². The summed E-state index contributed by atoms with van der Waals surface area (Å²) >= 11 is 6.10. The largest absolute Gasteiger partial charge is 0.493 e. The van der Waals surface area contributed by atoms with Crippen molar-refractivity contribution >= 4 is 23.4 Å². The Morgan fingerprint density at radius 1 is 1.33 bits per heavy atom. The van der Waals surface area contributed by atoms with Crippen molar-refractivity contribution in [3.05, 3.63) is 28.9 Å². The molecular formula is C13H12ClN3O4. The third kappa shape index (κ3) is 2.82. The molecule has 0 unspecified atom stereocenters. The quantitative estimate of drug-likeness (QED) is 0.890. The average molecular weight is 310 g/mol. The van der Waals surface area contributed by atoms with Crippen LogP contribution in [0.5, 0.6) is 11.5 Å². The van der Waals surface area contributed by atoms with Gasteiger partial charge in [-0.2, -0.15) is 0 Å². The van der Waals surface area contributed by atoms with Gasteiger partial charge in [-0.25, -0.2) is 14.8 Å². The predicted molar refractivity (Wildman–Crippen MR) is 77.0 cm³/mol. The molecule has 1 heterocycles. The van der Waals surface area contributed by atoms with Crippen LogP contribution in [0.4, 0.5) is 5.82 Å². The number of anilines is 1. The maximum Gasteiger partial charge on any atom is 0.341 e. The van der Waals surface area contributed by atoms with Crippen molar-refractivity contribution in [3.8, 4) is 22.9 Å². The van der Waals surface area contributed by atoms with Gasteiger partial charge in [0.05, 0.1) is 19.2 Å². The minimum absolute atomic E-state index is 0.126. The van der Waals surface area contributed by atoms with Crippen LogP contribution in [0.25, 0.3) is 11.4 Å². The van der Waals surface area contributed by atoms with Crippen LogP contribution in [0, 0.1) is 0 Å². The van der Waals surface area contributed by atoms with Crippen molar-refractivity contribution in [3.63, 3.8) is 0 Å². The lowest BCUT2D eigenvalue weighted by atomic mass is 10.1. The molecule has 0 aliphatic heterocycles. The summed E-state index contributed by atoms with van der Waals surface area (Å²) in [5.74, 6) is -0.286. The molecular weight excluding hydrogens is 298 g/mol. The van der Waals surface area contributed by atoms with E-state index in [1.807, 2.05) is 0 Å². The summed E-state index contributed by atoms with van der Waals surface area (Å²) in [5, 5.41) is 9.22. The molecule has 0 aliphatic carbocycles. The summed E-state index contributed by atoms with van der Waals surface area (Å²) in [5.41, 5.74) is 5.97. The number of aromatic nitrogens is 2. The highest BCUT2D eigenvalue weighted by Gasteiger charge is 2.16. The molecule has 1 aromatic heterocycles. The number of benzene rings is 1. The third-order valence-electron chi connectivity index (χ3n) is 2.74. The number of rotatable bonds is 4. The third-order valence-corrected chi connectivity index (χ3v) is 3.02. The summed E-state index contributed by atoms with van der Waals surface area (Å²) in [6.07, 6.45) is 1.14. The zero-order chi connectivity index (χ0) is 15.6. The van der Waals surface area contributed by atoms with Crippen LogP contribution in [-0.4, -0.2) is 35.3 Å². The molecule has 0 saturated carbocycles. The fourth-order valence-corrected chi connectivity index (χ4v) is 2.03. The van der Waals surface area contributed by atoms with Gasteiger partial charge in [-0.3, -0.25) is 0 Å². The Labute approximate surface area is 125 Å². The van der Waals surface area contributed by atoms with Crippen LogP contribution < -0.4 is 15.2 Å². The molecule has 7 nitrogen and oxygen atoms in total. The fourth-order valence-electron chi connectivity index (χ4n) is 1.75. The highest BCUT2D eigenvalue weighted by molar-refractivity contribution is 6.32. The molecule has 21 heavy (non-hydrogen) atoms. The number of carboxylic acid groups (broad SMARTS) is 1. The first-order valence-corrected chi connectivity index (χ1v) is 6.13. The van der Waals surface area contributed by atoms with Crippen LogP contribution in [0.1, 0.15) is 10.4 Å². The van der Waals surface area contributed by atoms with Gasteiger partial charge in [0.25, 0.3) is 0 Å². The standard InChI is InChI=1S/C13H12ClN3O4/c1-20-9-4-6(3-8(14)10(9)21-2)12-16-5-7(13(18)19)11(15)17-12/h3-5H,1-2H3,(H,18,19)(H2,15,16,17). The number of hydrogen-bond donors (Lipinski definition) is 2. The lowest BCUT2D eigenvalue weighted by molar-refractivity contribution is 0.0697. The number of aromatic carboxylic acids is 1. The Morgan fingerprint density at radius 3 is 2.57 bits per heavy atom. The van der Waals surface area contributed by atoms with E-state index in [1.165, 1.54) is 14.2 Å². The van der Waals surface area contributed by atoms with Crippen LogP contribution in [0.2, 0.25) is 5.02 Å². The second-order valence-corrected chi connectivity index (χ2v) is 4.40. The van der Waals surface area contributed by atoms with Gasteiger partial charge in [-0.05, 0) is 12.1 Å². The molecule has 0 aliphatic rings. The molecule has 2 aromatic rings. The van der Waals surface area contributed by atoms with Crippen molar-refractivity contribution < 1.29 is 19.4 Å². The van der Waals surface area contributed by atoms with Crippen molar-refractivity contribution in [1.29, 1.82) is 0 Å². The summed E-state index contributed by atoms with van der Waals surface area (Å²) in [4.78, 5) is 18.8. The van der Waals surface area contributed by atoms with Crippen LogP contribution in [0.3, 0.4) is 0 Å². The van der Waals surface area contributed by atoms with E-state index in [-0.39, 0.29) is 17.2 Å². The summed E-state index contributed by atoms with van der Waals surface area (Å²) in [6.45, 7) is 0. The second kappa shape index (κ2) is 5.84. The minimum atomic E-state index is -1.19. The van der Waals surface area contributed by atoms with Gasteiger partial charge in [-0.15, -0.1) is 0 Å². The molecule has 8 heteroatoms. The Bertz CT molecular complexity index is 706. The highest BCUT2D eigenvalue weighted by atomic mass is 35.5. The molecule has 0 bridgehead atoms. The van der Waals surface area contributed by atoms with Crippen molar-refractivity contribution in [2.75, 3.05) is 20.0 Å². The zero-order valence-corrected chi connectivity index (χ0v) is 12.0. The summed E-state index contributed by atoms with van der Waals surface area (Å²) in [6, 6.07) is 3.21. The SMILES string of the molecule is COc1cc(-c2ncc(C(=O)O)c(N)n2)cc(Cl)c1OC. The number of methoxy groups -OCH3 is 2. The lowest BCUT2D eigenvalue weighted by Gasteiger charge is -2.11. The predicted octanol–water partition coefficient (Wildman–Crippen LogP) is 2.09. The van der Waals surface area contributed by atoms with Gasteiger partial charge in [0.15, 0.2) is 17.3 Å². The number of nitrogens with zero attached hydrogens (tertiary/aromatic N) is 2. The molecule has 0 saturated heterocycles. The second-order valence-electron chi connectivity index (χ2n) is 3.99. The molecule has 3 N–H and O–H groups in total. The number of hydrogen-bond acceptors (Lipinski definition) is 6. The molecule has 1 aromatic carbocycles. The summed E-state index contributed by atoms with van der Waals surface area (Å²) in [7, 11) is 2.94. The number of halogens is 1. The van der Waals surface area contributed by atoms with E-state index < -0.39 is 5.97 Å². The molecule has 0 radical (unpaired) electrons. The van der Waals surface area contributed by atoms with E-state index in [0.717, 1.165) is 6.20 Å². The van der Waals surface area contributed by atoms with Gasteiger partial charge in [0, 0.05) is 11.8 Å². The number of nitrogens with two attached hydrogens (primary N) is 1. The van der Waals surface area contributed by atoms with Crippen LogP contribution in [-0.2, 0) is 0 Å². The molecule has 0 fully saturated rings. The van der Waals surface area contributed by atoms with Gasteiger partial charge >= 0.3 is 5.97 Å². The first kappa shape index (κ1) is 14.9. The van der Waals surface area contributed by atoms with E-state index in [9.17, 15) is 4.79 Å². The highest BCUT2D eigenvalue weighted by Crippen LogP contribution is 2.38. The van der Waals surface area contributed by atoms with E-state index in [2.05, 4.69) is 9.97 Å². The topological polar surface area (TPSA) is 108 Å². The minimum Gasteiger partial charge on any atom is -0.493 e. The number of nitrogen functional groups attached to an aromatic ring is 1. The Hall–Kier alpha value is -2.54. The fraction of sp³-hybridized carbons (Fsp3) is 0.154. The molecule has 0 spiro atoms. The molecule has 0 atom stereocenters. The smallest absolute Gasteiger partial charge is 0.341 e. The van der Waals surface area contributed by atoms with Gasteiger partial charge in [0.1, 0.15) is 11.4 Å². The van der Waals surface area contributed by atoms with Gasteiger partial charge in [0.2, 0.25) is 0 Å². The number of carbonyl (C=O) groups is 1. The molecule has 2 rings (SSSR count). The Morgan fingerprint density at radius 2 is 2.05 bits per heavy atom. The van der Waals surface area contributed by atoms with E-state index in [4.69, 9.17) is 31.9 Å². The monoisotopic (exact) mass is 309 g/mol. The number of ether oxygens (including phenoxy) is 2. The van der Waals surface area contributed by atoms with Crippen molar-refractivity contribution in [2.24, 2.45) is 0 Å². The molecule has 0 amide bonds. The number of carboxylic acids is 1. The zero-order valence-electron chi connectivity index (χ0n) is 11.3. The first-order valence-electron chi connectivity index (χ1n) is 5.75.